The second-order valence-corrected chi connectivity index (χ2v) is 2.24. The Morgan fingerprint density at radius 3 is 2.80 bits per heavy atom. The summed E-state index contributed by atoms with van der Waals surface area (Å²) in [4.78, 5) is 0. The first-order chi connectivity index (χ1) is 4.84. The standard InChI is InChI=1S/C6H12O4/c7-1-2-10-6-4-9-3-5(6)8/h5-8H,1-4H2/t5-,6-/m0/s1. The Hall–Kier alpha value is -0.160. The molecule has 0 aliphatic carbocycles. The molecule has 0 amide bonds. The van der Waals surface area contributed by atoms with Gasteiger partial charge in [-0.25, -0.2) is 0 Å². The summed E-state index contributed by atoms with van der Waals surface area (Å²) in [5.74, 6) is 0. The van der Waals surface area contributed by atoms with Gasteiger partial charge < -0.3 is 19.7 Å². The Morgan fingerprint density at radius 1 is 1.50 bits per heavy atom. The average molecular weight is 148 g/mol. The van der Waals surface area contributed by atoms with Gasteiger partial charge in [-0.05, 0) is 0 Å². The number of rotatable bonds is 3. The highest BCUT2D eigenvalue weighted by atomic mass is 16.6. The van der Waals surface area contributed by atoms with E-state index in [1.165, 1.54) is 0 Å². The summed E-state index contributed by atoms with van der Waals surface area (Å²) in [6.07, 6.45) is -0.765. The maximum atomic E-state index is 9.08. The van der Waals surface area contributed by atoms with Crippen molar-refractivity contribution in [3.8, 4) is 0 Å². The van der Waals surface area contributed by atoms with E-state index in [0.29, 0.717) is 13.2 Å². The molecule has 2 atom stereocenters. The Bertz CT molecular complexity index is 95.7. The molecule has 1 aliphatic rings. The van der Waals surface area contributed by atoms with Gasteiger partial charge in [-0.15, -0.1) is 0 Å². The zero-order valence-corrected chi connectivity index (χ0v) is 5.69. The van der Waals surface area contributed by atoms with Crippen molar-refractivity contribution in [3.05, 3.63) is 0 Å². The zero-order chi connectivity index (χ0) is 7.40. The van der Waals surface area contributed by atoms with E-state index >= 15 is 0 Å². The SMILES string of the molecule is OCCO[C@H]1COC[C@@H]1O. The van der Waals surface area contributed by atoms with E-state index in [2.05, 4.69) is 0 Å². The summed E-state index contributed by atoms with van der Waals surface area (Å²) in [6, 6.07) is 0. The minimum atomic E-state index is -0.522. The van der Waals surface area contributed by atoms with Crippen LogP contribution in [0.15, 0.2) is 0 Å². The van der Waals surface area contributed by atoms with Crippen molar-refractivity contribution < 1.29 is 19.7 Å². The number of hydrogen-bond acceptors (Lipinski definition) is 4. The fourth-order valence-electron chi connectivity index (χ4n) is 0.887. The van der Waals surface area contributed by atoms with Crippen LogP contribution in [0, 0.1) is 0 Å². The van der Waals surface area contributed by atoms with Crippen molar-refractivity contribution in [3.63, 3.8) is 0 Å². The molecule has 0 aromatic rings. The van der Waals surface area contributed by atoms with Crippen molar-refractivity contribution in [1.29, 1.82) is 0 Å². The summed E-state index contributed by atoms with van der Waals surface area (Å²) in [5, 5.41) is 17.4. The maximum absolute atomic E-state index is 9.08. The van der Waals surface area contributed by atoms with Crippen molar-refractivity contribution in [2.75, 3.05) is 26.4 Å². The third-order valence-corrected chi connectivity index (χ3v) is 1.42. The zero-order valence-electron chi connectivity index (χ0n) is 5.69. The smallest absolute Gasteiger partial charge is 0.109 e. The van der Waals surface area contributed by atoms with Gasteiger partial charge in [0.25, 0.3) is 0 Å². The quantitative estimate of drug-likeness (QED) is 0.525. The molecule has 4 heteroatoms. The summed E-state index contributed by atoms with van der Waals surface area (Å²) < 4.78 is 9.95. The van der Waals surface area contributed by atoms with E-state index in [4.69, 9.17) is 19.7 Å². The number of aliphatic hydroxyl groups is 2. The van der Waals surface area contributed by atoms with Crippen LogP contribution in [-0.4, -0.2) is 48.8 Å². The molecule has 0 saturated carbocycles. The third-order valence-electron chi connectivity index (χ3n) is 1.42. The van der Waals surface area contributed by atoms with Crippen LogP contribution in [-0.2, 0) is 9.47 Å². The van der Waals surface area contributed by atoms with Crippen LogP contribution in [0.2, 0.25) is 0 Å². The molecule has 4 nitrogen and oxygen atoms in total. The van der Waals surface area contributed by atoms with E-state index in [1.807, 2.05) is 0 Å². The van der Waals surface area contributed by atoms with Crippen LogP contribution in [0.5, 0.6) is 0 Å². The van der Waals surface area contributed by atoms with Gasteiger partial charge >= 0.3 is 0 Å². The van der Waals surface area contributed by atoms with Gasteiger partial charge in [0.2, 0.25) is 0 Å². The van der Waals surface area contributed by atoms with Crippen LogP contribution < -0.4 is 0 Å². The van der Waals surface area contributed by atoms with Crippen LogP contribution in [0.25, 0.3) is 0 Å². The van der Waals surface area contributed by atoms with Gasteiger partial charge in [0.15, 0.2) is 0 Å². The van der Waals surface area contributed by atoms with Crippen LogP contribution in [0.4, 0.5) is 0 Å². The van der Waals surface area contributed by atoms with Gasteiger partial charge in [-0.2, -0.15) is 0 Å². The lowest BCUT2D eigenvalue weighted by molar-refractivity contribution is -0.0224. The van der Waals surface area contributed by atoms with Crippen LogP contribution in [0.1, 0.15) is 0 Å². The Kier molecular flexibility index (Phi) is 3.08. The molecule has 60 valence electrons. The summed E-state index contributed by atoms with van der Waals surface area (Å²) in [7, 11) is 0. The fourth-order valence-corrected chi connectivity index (χ4v) is 0.887. The minimum Gasteiger partial charge on any atom is -0.394 e. The number of hydrogen-bond donors (Lipinski definition) is 2. The molecule has 1 rings (SSSR count). The molecule has 0 aromatic heterocycles. The first-order valence-corrected chi connectivity index (χ1v) is 3.33. The average Bonchev–Trinajstić information content (AvgIpc) is 2.31. The fraction of sp³-hybridized carbons (Fsp3) is 1.00. The molecule has 0 unspecified atom stereocenters. The van der Waals surface area contributed by atoms with E-state index in [1.54, 1.807) is 0 Å². The van der Waals surface area contributed by atoms with Crippen molar-refractivity contribution >= 4 is 0 Å². The largest absolute Gasteiger partial charge is 0.394 e. The maximum Gasteiger partial charge on any atom is 0.109 e. The predicted molar refractivity (Wildman–Crippen MR) is 33.7 cm³/mol. The molecule has 1 saturated heterocycles. The van der Waals surface area contributed by atoms with Crippen LogP contribution >= 0.6 is 0 Å². The lowest BCUT2D eigenvalue weighted by Crippen LogP contribution is -2.27. The lowest BCUT2D eigenvalue weighted by atomic mass is 10.3. The lowest BCUT2D eigenvalue weighted by Gasteiger charge is -2.11. The number of aliphatic hydroxyl groups excluding tert-OH is 2. The molecule has 10 heavy (non-hydrogen) atoms. The van der Waals surface area contributed by atoms with Crippen molar-refractivity contribution in [2.24, 2.45) is 0 Å². The Morgan fingerprint density at radius 2 is 2.30 bits per heavy atom. The molecule has 0 radical (unpaired) electrons. The highest BCUT2D eigenvalue weighted by Gasteiger charge is 2.26. The second kappa shape index (κ2) is 3.88. The van der Waals surface area contributed by atoms with Gasteiger partial charge in [0.05, 0.1) is 26.4 Å². The summed E-state index contributed by atoms with van der Waals surface area (Å²) in [6.45, 7) is 1.03. The summed E-state index contributed by atoms with van der Waals surface area (Å²) in [5.41, 5.74) is 0. The van der Waals surface area contributed by atoms with Crippen molar-refractivity contribution in [1.82, 2.24) is 0 Å². The molecule has 1 aliphatic heterocycles. The molecular weight excluding hydrogens is 136 g/mol. The highest BCUT2D eigenvalue weighted by Crippen LogP contribution is 2.08. The van der Waals surface area contributed by atoms with Gasteiger partial charge in [0.1, 0.15) is 12.2 Å². The topological polar surface area (TPSA) is 58.9 Å². The Balaban J connectivity index is 2.14. The predicted octanol–water partition coefficient (Wildman–Crippen LogP) is -1.24. The molecule has 0 aromatic carbocycles. The monoisotopic (exact) mass is 148 g/mol. The third kappa shape index (κ3) is 1.91. The van der Waals surface area contributed by atoms with Crippen molar-refractivity contribution in [2.45, 2.75) is 12.2 Å². The first-order valence-electron chi connectivity index (χ1n) is 3.33. The molecule has 1 heterocycles. The Labute approximate surface area is 59.4 Å². The van der Waals surface area contributed by atoms with Gasteiger partial charge in [0, 0.05) is 0 Å². The minimum absolute atomic E-state index is 0.0107. The van der Waals surface area contributed by atoms with Crippen LogP contribution in [0.3, 0.4) is 0 Å². The normalized spacial score (nSPS) is 33.0. The van der Waals surface area contributed by atoms with E-state index in [-0.39, 0.29) is 19.3 Å². The van der Waals surface area contributed by atoms with E-state index in [9.17, 15) is 0 Å². The first kappa shape index (κ1) is 7.94. The molecule has 1 fully saturated rings. The van der Waals surface area contributed by atoms with E-state index < -0.39 is 6.10 Å². The molecule has 2 N–H and O–H groups in total. The van der Waals surface area contributed by atoms with Gasteiger partial charge in [-0.3, -0.25) is 0 Å². The highest BCUT2D eigenvalue weighted by molar-refractivity contribution is 4.73. The second-order valence-electron chi connectivity index (χ2n) is 2.24. The summed E-state index contributed by atoms with van der Waals surface area (Å²) >= 11 is 0. The van der Waals surface area contributed by atoms with Gasteiger partial charge in [-0.1, -0.05) is 0 Å². The number of ether oxygens (including phenoxy) is 2. The molecule has 0 spiro atoms. The molecule has 0 bridgehead atoms. The van der Waals surface area contributed by atoms with E-state index in [0.717, 1.165) is 0 Å². The molecular formula is C6H12O4.